The van der Waals surface area contributed by atoms with Gasteiger partial charge in [-0.05, 0) is 32.7 Å². The zero-order valence-corrected chi connectivity index (χ0v) is 11.7. The molecule has 0 saturated heterocycles. The molecular formula is C16H24N2. The van der Waals surface area contributed by atoms with Gasteiger partial charge in [-0.3, -0.25) is 0 Å². The molecular weight excluding hydrogens is 220 g/mol. The lowest BCUT2D eigenvalue weighted by Crippen LogP contribution is -2.27. The summed E-state index contributed by atoms with van der Waals surface area (Å²) >= 11 is 0. The van der Waals surface area contributed by atoms with Crippen LogP contribution in [0.4, 0.5) is 0 Å². The molecule has 2 heteroatoms. The number of nitrogens with zero attached hydrogens (tertiary/aromatic N) is 2. The Bertz CT molecular complexity index is 371. The van der Waals surface area contributed by atoms with Gasteiger partial charge in [-0.25, -0.2) is 0 Å². The van der Waals surface area contributed by atoms with Crippen molar-refractivity contribution in [3.63, 3.8) is 0 Å². The van der Waals surface area contributed by atoms with E-state index in [1.54, 1.807) is 0 Å². The predicted octanol–water partition coefficient (Wildman–Crippen LogP) is 2.99. The average molecular weight is 244 g/mol. The predicted molar refractivity (Wildman–Crippen MR) is 80.4 cm³/mol. The van der Waals surface area contributed by atoms with Crippen molar-refractivity contribution >= 4 is 0 Å². The van der Waals surface area contributed by atoms with E-state index in [-0.39, 0.29) is 0 Å². The Morgan fingerprint density at radius 2 is 1.61 bits per heavy atom. The highest BCUT2D eigenvalue weighted by Crippen LogP contribution is 2.05. The van der Waals surface area contributed by atoms with E-state index in [4.69, 9.17) is 0 Å². The van der Waals surface area contributed by atoms with E-state index >= 15 is 0 Å². The summed E-state index contributed by atoms with van der Waals surface area (Å²) in [5.41, 5.74) is 1.23. The van der Waals surface area contributed by atoms with Crippen molar-refractivity contribution in [1.82, 2.24) is 9.80 Å². The molecule has 0 aliphatic heterocycles. The van der Waals surface area contributed by atoms with Gasteiger partial charge in [-0.15, -0.1) is 0 Å². The minimum absolute atomic E-state index is 0.987. The standard InChI is InChI=1S/C16H24N2/c1-17(2)14-15-18(3)16-12-10-8-6-4-5-7-9-11-13-16/h4,6-13H,5,14-15H2,1-3H3/b6-4-,9-7-,10-8-,13-11+,16-12+. The summed E-state index contributed by atoms with van der Waals surface area (Å²) in [6.45, 7) is 2.08. The molecule has 18 heavy (non-hydrogen) atoms. The van der Waals surface area contributed by atoms with Crippen molar-refractivity contribution in [2.45, 2.75) is 6.42 Å². The van der Waals surface area contributed by atoms with Gasteiger partial charge in [-0.2, -0.15) is 0 Å². The molecule has 0 saturated carbocycles. The van der Waals surface area contributed by atoms with Gasteiger partial charge in [0.15, 0.2) is 0 Å². The van der Waals surface area contributed by atoms with Gasteiger partial charge in [0.05, 0.1) is 0 Å². The molecule has 0 aromatic heterocycles. The summed E-state index contributed by atoms with van der Waals surface area (Å²) in [4.78, 5) is 4.47. The molecule has 0 N–H and O–H groups in total. The number of allylic oxidation sites excluding steroid dienone is 9. The second-order valence-electron chi connectivity index (χ2n) is 4.65. The third kappa shape index (κ3) is 6.26. The summed E-state index contributed by atoms with van der Waals surface area (Å²) in [6, 6.07) is 0. The lowest BCUT2D eigenvalue weighted by atomic mass is 10.3. The highest BCUT2D eigenvalue weighted by Gasteiger charge is 2.00. The average Bonchev–Trinajstić information content (AvgIpc) is 2.40. The molecule has 0 unspecified atom stereocenters. The highest BCUT2D eigenvalue weighted by molar-refractivity contribution is 5.27. The van der Waals surface area contributed by atoms with E-state index in [0.717, 1.165) is 19.5 Å². The lowest BCUT2D eigenvalue weighted by Gasteiger charge is -2.22. The Morgan fingerprint density at radius 3 is 2.33 bits per heavy atom. The smallest absolute Gasteiger partial charge is 0.0364 e. The lowest BCUT2D eigenvalue weighted by molar-refractivity contribution is 0.331. The second kappa shape index (κ2) is 8.54. The molecule has 0 aromatic rings. The first-order valence-electron chi connectivity index (χ1n) is 6.42. The number of likely N-dealkylation sites (N-methyl/N-ethyl adjacent to an activating group) is 2. The Kier molecular flexibility index (Phi) is 6.89. The van der Waals surface area contributed by atoms with Gasteiger partial charge in [-0.1, -0.05) is 42.5 Å². The maximum Gasteiger partial charge on any atom is 0.0364 e. The van der Waals surface area contributed by atoms with Crippen molar-refractivity contribution < 1.29 is 0 Å². The monoisotopic (exact) mass is 244 g/mol. The van der Waals surface area contributed by atoms with Gasteiger partial charge in [0.1, 0.15) is 0 Å². The largest absolute Gasteiger partial charge is 0.373 e. The summed E-state index contributed by atoms with van der Waals surface area (Å²) < 4.78 is 0. The molecule has 0 fully saturated rings. The molecule has 1 aliphatic carbocycles. The highest BCUT2D eigenvalue weighted by atomic mass is 15.2. The summed E-state index contributed by atoms with van der Waals surface area (Å²) in [5, 5.41) is 0. The fraction of sp³-hybridized carbons (Fsp3) is 0.375. The molecule has 0 aromatic carbocycles. The summed E-state index contributed by atoms with van der Waals surface area (Å²) in [7, 11) is 6.33. The van der Waals surface area contributed by atoms with Gasteiger partial charge in [0.25, 0.3) is 0 Å². The SMILES string of the molecule is CN(C)CCN(C)C1=C/C=C\C=C/C/C=C\C=C\1. The Balaban J connectivity index is 2.71. The van der Waals surface area contributed by atoms with Crippen LogP contribution >= 0.6 is 0 Å². The molecule has 0 spiro atoms. The molecule has 0 radical (unpaired) electrons. The summed E-state index contributed by atoms with van der Waals surface area (Å²) in [5.74, 6) is 0. The number of hydrogen-bond donors (Lipinski definition) is 0. The molecule has 1 aliphatic rings. The van der Waals surface area contributed by atoms with Crippen molar-refractivity contribution in [3.05, 3.63) is 60.4 Å². The van der Waals surface area contributed by atoms with E-state index in [0.29, 0.717) is 0 Å². The van der Waals surface area contributed by atoms with Crippen molar-refractivity contribution in [2.24, 2.45) is 0 Å². The van der Waals surface area contributed by atoms with Crippen LogP contribution in [0, 0.1) is 0 Å². The molecule has 0 heterocycles. The van der Waals surface area contributed by atoms with E-state index in [2.05, 4.69) is 85.6 Å². The fourth-order valence-electron chi connectivity index (χ4n) is 1.55. The molecule has 0 amide bonds. The third-order valence-electron chi connectivity index (χ3n) is 2.74. The van der Waals surface area contributed by atoms with Gasteiger partial charge < -0.3 is 9.80 Å². The first kappa shape index (κ1) is 14.5. The Labute approximate surface area is 111 Å². The van der Waals surface area contributed by atoms with E-state index in [1.807, 2.05) is 0 Å². The molecule has 0 atom stereocenters. The topological polar surface area (TPSA) is 6.48 Å². The molecule has 1 rings (SSSR count). The Morgan fingerprint density at radius 1 is 0.889 bits per heavy atom. The van der Waals surface area contributed by atoms with Crippen LogP contribution in [0.2, 0.25) is 0 Å². The minimum Gasteiger partial charge on any atom is -0.373 e. The van der Waals surface area contributed by atoms with Crippen molar-refractivity contribution in [2.75, 3.05) is 34.2 Å². The van der Waals surface area contributed by atoms with Gasteiger partial charge in [0, 0.05) is 25.8 Å². The van der Waals surface area contributed by atoms with Crippen LogP contribution in [0.25, 0.3) is 0 Å². The maximum atomic E-state index is 2.27. The van der Waals surface area contributed by atoms with E-state index < -0.39 is 0 Å². The van der Waals surface area contributed by atoms with Crippen LogP contribution < -0.4 is 0 Å². The fourth-order valence-corrected chi connectivity index (χ4v) is 1.55. The molecule has 2 nitrogen and oxygen atoms in total. The minimum atomic E-state index is 0.987. The van der Waals surface area contributed by atoms with Crippen molar-refractivity contribution in [1.29, 1.82) is 0 Å². The van der Waals surface area contributed by atoms with Crippen LogP contribution in [0.5, 0.6) is 0 Å². The first-order chi connectivity index (χ1) is 8.70. The second-order valence-corrected chi connectivity index (χ2v) is 4.65. The van der Waals surface area contributed by atoms with Crippen molar-refractivity contribution in [3.8, 4) is 0 Å². The quantitative estimate of drug-likeness (QED) is 0.750. The van der Waals surface area contributed by atoms with Crippen LogP contribution in [-0.4, -0.2) is 44.0 Å². The van der Waals surface area contributed by atoms with Crippen LogP contribution in [0.15, 0.2) is 60.4 Å². The van der Waals surface area contributed by atoms with E-state index in [9.17, 15) is 0 Å². The zero-order valence-electron chi connectivity index (χ0n) is 11.7. The van der Waals surface area contributed by atoms with Gasteiger partial charge in [0.2, 0.25) is 0 Å². The van der Waals surface area contributed by atoms with E-state index in [1.165, 1.54) is 5.70 Å². The number of hydrogen-bond acceptors (Lipinski definition) is 2. The van der Waals surface area contributed by atoms with Gasteiger partial charge >= 0.3 is 0 Å². The molecule has 98 valence electrons. The maximum absolute atomic E-state index is 2.27. The normalized spacial score (nSPS) is 25.7. The summed E-state index contributed by atoms with van der Waals surface area (Å²) in [6.07, 6.45) is 20.1. The van der Waals surface area contributed by atoms with Crippen LogP contribution in [0.1, 0.15) is 6.42 Å². The first-order valence-corrected chi connectivity index (χ1v) is 6.42. The Hall–Kier alpha value is -1.54. The zero-order chi connectivity index (χ0) is 13.2. The third-order valence-corrected chi connectivity index (χ3v) is 2.74. The molecule has 0 bridgehead atoms. The number of rotatable bonds is 4. The van der Waals surface area contributed by atoms with Crippen LogP contribution in [-0.2, 0) is 0 Å². The van der Waals surface area contributed by atoms with Crippen LogP contribution in [0.3, 0.4) is 0 Å².